The standard InChI is InChI=1S/C13H22N2OS/c1-15(11-13-3-2-10-17-13)7-6-14-12-4-8-16-9-5-12/h2-3,10,12,14H,4-9,11H2,1H3. The Labute approximate surface area is 108 Å². The van der Waals surface area contributed by atoms with E-state index < -0.39 is 0 Å². The molecule has 2 heterocycles. The average molecular weight is 254 g/mol. The second kappa shape index (κ2) is 7.11. The molecule has 0 amide bonds. The molecular formula is C13H22N2OS. The summed E-state index contributed by atoms with van der Waals surface area (Å²) in [5, 5.41) is 5.76. The van der Waals surface area contributed by atoms with E-state index in [0.29, 0.717) is 6.04 Å². The van der Waals surface area contributed by atoms with Gasteiger partial charge in [0, 0.05) is 43.8 Å². The lowest BCUT2D eigenvalue weighted by Gasteiger charge is -2.24. The van der Waals surface area contributed by atoms with E-state index in [1.807, 2.05) is 11.3 Å². The highest BCUT2D eigenvalue weighted by molar-refractivity contribution is 7.09. The fraction of sp³-hybridized carbons (Fsp3) is 0.692. The minimum Gasteiger partial charge on any atom is -0.381 e. The van der Waals surface area contributed by atoms with Gasteiger partial charge in [0.2, 0.25) is 0 Å². The molecule has 0 atom stereocenters. The first-order valence-corrected chi connectivity index (χ1v) is 7.24. The summed E-state index contributed by atoms with van der Waals surface area (Å²) < 4.78 is 5.35. The SMILES string of the molecule is CN(CCNC1CCOCC1)Cc1cccs1. The van der Waals surface area contributed by atoms with Crippen molar-refractivity contribution in [3.63, 3.8) is 0 Å². The van der Waals surface area contributed by atoms with Crippen molar-refractivity contribution in [3.8, 4) is 0 Å². The van der Waals surface area contributed by atoms with Crippen molar-refractivity contribution in [2.24, 2.45) is 0 Å². The highest BCUT2D eigenvalue weighted by Crippen LogP contribution is 2.10. The van der Waals surface area contributed by atoms with Gasteiger partial charge in [-0.2, -0.15) is 0 Å². The summed E-state index contributed by atoms with van der Waals surface area (Å²) in [5.41, 5.74) is 0. The summed E-state index contributed by atoms with van der Waals surface area (Å²) in [7, 11) is 2.19. The predicted molar refractivity (Wildman–Crippen MR) is 72.5 cm³/mol. The average Bonchev–Trinajstić information content (AvgIpc) is 2.83. The van der Waals surface area contributed by atoms with Gasteiger partial charge >= 0.3 is 0 Å². The molecule has 1 aliphatic rings. The van der Waals surface area contributed by atoms with Gasteiger partial charge < -0.3 is 15.0 Å². The smallest absolute Gasteiger partial charge is 0.0480 e. The van der Waals surface area contributed by atoms with Crippen molar-refractivity contribution in [2.75, 3.05) is 33.4 Å². The molecule has 4 heteroatoms. The minimum atomic E-state index is 0.666. The van der Waals surface area contributed by atoms with Crippen molar-refractivity contribution in [1.29, 1.82) is 0 Å². The number of ether oxygens (including phenoxy) is 1. The third-order valence-corrected chi connectivity index (χ3v) is 4.01. The lowest BCUT2D eigenvalue weighted by atomic mass is 10.1. The van der Waals surface area contributed by atoms with Crippen LogP contribution in [0.5, 0.6) is 0 Å². The molecule has 0 saturated carbocycles. The predicted octanol–water partition coefficient (Wildman–Crippen LogP) is 1.95. The Bertz CT molecular complexity index is 296. The van der Waals surface area contributed by atoms with E-state index in [-0.39, 0.29) is 0 Å². The third-order valence-electron chi connectivity index (χ3n) is 3.15. The summed E-state index contributed by atoms with van der Waals surface area (Å²) in [6, 6.07) is 4.99. The summed E-state index contributed by atoms with van der Waals surface area (Å²) in [6.07, 6.45) is 2.32. The van der Waals surface area contributed by atoms with Gasteiger partial charge in [-0.05, 0) is 31.3 Å². The zero-order valence-electron chi connectivity index (χ0n) is 10.5. The lowest BCUT2D eigenvalue weighted by Crippen LogP contribution is -2.38. The second-order valence-corrected chi connectivity index (χ2v) is 5.69. The van der Waals surface area contributed by atoms with Crippen LogP contribution in [0.15, 0.2) is 17.5 Å². The Balaban J connectivity index is 1.58. The third kappa shape index (κ3) is 4.76. The molecule has 0 aliphatic carbocycles. The van der Waals surface area contributed by atoms with Crippen LogP contribution in [0.1, 0.15) is 17.7 Å². The molecule has 1 aliphatic heterocycles. The molecular weight excluding hydrogens is 232 g/mol. The van der Waals surface area contributed by atoms with Gasteiger partial charge in [0.05, 0.1) is 0 Å². The normalized spacial score (nSPS) is 17.8. The molecule has 0 aromatic carbocycles. The van der Waals surface area contributed by atoms with Crippen molar-refractivity contribution in [2.45, 2.75) is 25.4 Å². The van der Waals surface area contributed by atoms with E-state index in [4.69, 9.17) is 4.74 Å². The molecule has 96 valence electrons. The molecule has 0 bridgehead atoms. The van der Waals surface area contributed by atoms with Gasteiger partial charge in [-0.25, -0.2) is 0 Å². The van der Waals surface area contributed by atoms with Crippen LogP contribution in [-0.4, -0.2) is 44.3 Å². The summed E-state index contributed by atoms with van der Waals surface area (Å²) >= 11 is 1.83. The monoisotopic (exact) mass is 254 g/mol. The first kappa shape index (κ1) is 13.0. The Morgan fingerprint density at radius 1 is 1.47 bits per heavy atom. The molecule has 3 nitrogen and oxygen atoms in total. The van der Waals surface area contributed by atoms with E-state index in [1.165, 1.54) is 4.88 Å². The molecule has 1 saturated heterocycles. The molecule has 2 rings (SSSR count). The lowest BCUT2D eigenvalue weighted by molar-refractivity contribution is 0.0774. The Morgan fingerprint density at radius 2 is 2.29 bits per heavy atom. The van der Waals surface area contributed by atoms with Gasteiger partial charge in [-0.1, -0.05) is 6.07 Å². The van der Waals surface area contributed by atoms with Crippen LogP contribution < -0.4 is 5.32 Å². The van der Waals surface area contributed by atoms with E-state index >= 15 is 0 Å². The molecule has 0 radical (unpaired) electrons. The molecule has 1 fully saturated rings. The van der Waals surface area contributed by atoms with Gasteiger partial charge in [0.1, 0.15) is 0 Å². The minimum absolute atomic E-state index is 0.666. The van der Waals surface area contributed by atoms with Crippen molar-refractivity contribution < 1.29 is 4.74 Å². The van der Waals surface area contributed by atoms with Crippen LogP contribution >= 0.6 is 11.3 Å². The number of rotatable bonds is 6. The van der Waals surface area contributed by atoms with Gasteiger partial charge in [-0.3, -0.25) is 0 Å². The molecule has 1 aromatic heterocycles. The number of hydrogen-bond acceptors (Lipinski definition) is 4. The van der Waals surface area contributed by atoms with Gasteiger partial charge in [0.25, 0.3) is 0 Å². The van der Waals surface area contributed by atoms with E-state index in [1.54, 1.807) is 0 Å². The van der Waals surface area contributed by atoms with E-state index in [0.717, 1.165) is 45.7 Å². The van der Waals surface area contributed by atoms with Crippen LogP contribution in [0.25, 0.3) is 0 Å². The molecule has 0 unspecified atom stereocenters. The maximum atomic E-state index is 5.35. The Kier molecular flexibility index (Phi) is 5.45. The van der Waals surface area contributed by atoms with Crippen molar-refractivity contribution in [1.82, 2.24) is 10.2 Å². The molecule has 1 aromatic rings. The van der Waals surface area contributed by atoms with E-state index in [2.05, 4.69) is 34.8 Å². The second-order valence-electron chi connectivity index (χ2n) is 4.66. The highest BCUT2D eigenvalue weighted by atomic mass is 32.1. The zero-order chi connectivity index (χ0) is 11.9. The Morgan fingerprint density at radius 3 is 3.00 bits per heavy atom. The van der Waals surface area contributed by atoms with Crippen LogP contribution in [0.4, 0.5) is 0 Å². The fourth-order valence-electron chi connectivity index (χ4n) is 2.11. The topological polar surface area (TPSA) is 24.5 Å². The largest absolute Gasteiger partial charge is 0.381 e. The van der Waals surface area contributed by atoms with Crippen LogP contribution in [0, 0.1) is 0 Å². The molecule has 0 spiro atoms. The number of nitrogens with zero attached hydrogens (tertiary/aromatic N) is 1. The maximum Gasteiger partial charge on any atom is 0.0480 e. The highest BCUT2D eigenvalue weighted by Gasteiger charge is 2.12. The van der Waals surface area contributed by atoms with Gasteiger partial charge in [0.15, 0.2) is 0 Å². The maximum absolute atomic E-state index is 5.35. The van der Waals surface area contributed by atoms with E-state index in [9.17, 15) is 0 Å². The summed E-state index contributed by atoms with van der Waals surface area (Å²) in [6.45, 7) is 5.08. The van der Waals surface area contributed by atoms with Crippen LogP contribution in [0.2, 0.25) is 0 Å². The number of likely N-dealkylation sites (N-methyl/N-ethyl adjacent to an activating group) is 1. The first-order chi connectivity index (χ1) is 8.34. The quantitative estimate of drug-likeness (QED) is 0.840. The van der Waals surface area contributed by atoms with Gasteiger partial charge in [-0.15, -0.1) is 11.3 Å². The van der Waals surface area contributed by atoms with Crippen LogP contribution in [-0.2, 0) is 11.3 Å². The summed E-state index contributed by atoms with van der Waals surface area (Å²) in [4.78, 5) is 3.82. The number of hydrogen-bond donors (Lipinski definition) is 1. The summed E-state index contributed by atoms with van der Waals surface area (Å²) in [5.74, 6) is 0. The number of thiophene rings is 1. The molecule has 17 heavy (non-hydrogen) atoms. The Hall–Kier alpha value is -0.420. The zero-order valence-corrected chi connectivity index (χ0v) is 11.3. The fourth-order valence-corrected chi connectivity index (χ4v) is 2.89. The van der Waals surface area contributed by atoms with Crippen molar-refractivity contribution >= 4 is 11.3 Å². The first-order valence-electron chi connectivity index (χ1n) is 6.36. The molecule has 1 N–H and O–H groups in total. The van der Waals surface area contributed by atoms with Crippen molar-refractivity contribution in [3.05, 3.63) is 22.4 Å². The van der Waals surface area contributed by atoms with Crippen LogP contribution in [0.3, 0.4) is 0 Å². The number of nitrogens with one attached hydrogen (secondary N) is 1.